The van der Waals surface area contributed by atoms with Crippen LogP contribution in [0.2, 0.25) is 0 Å². The Kier molecular flexibility index (Phi) is 6.70. The van der Waals surface area contributed by atoms with Gasteiger partial charge < -0.3 is 9.64 Å². The first-order chi connectivity index (χ1) is 17.6. The summed E-state index contributed by atoms with van der Waals surface area (Å²) in [6.07, 6.45) is 4.17. The minimum atomic E-state index is -4.36. The molecule has 200 valence electrons. The third-order valence-electron chi connectivity index (χ3n) is 5.32. The molecule has 0 radical (unpaired) electrons. The molecule has 4 rings (SSSR count). The summed E-state index contributed by atoms with van der Waals surface area (Å²) in [5.74, 6) is -3.16. The largest absolute Gasteiger partial charge is 0.433 e. The molecule has 0 N–H and O–H groups in total. The average Bonchev–Trinajstić information content (AvgIpc) is 2.78. The van der Waals surface area contributed by atoms with Crippen LogP contribution >= 0.6 is 0 Å². The lowest BCUT2D eigenvalue weighted by molar-refractivity contribution is -0.0272. The topological polar surface area (TPSA) is 159 Å². The van der Waals surface area contributed by atoms with Gasteiger partial charge in [-0.05, 0) is 32.0 Å². The number of nitrogens with zero attached hydrogens (tertiary/aromatic N) is 7. The molecule has 0 spiro atoms. The highest BCUT2D eigenvalue weighted by Crippen LogP contribution is 2.38. The Hall–Kier alpha value is -3.97. The molecule has 0 aliphatic carbocycles. The van der Waals surface area contributed by atoms with E-state index in [0.29, 0.717) is 18.1 Å². The van der Waals surface area contributed by atoms with Crippen LogP contribution in [0, 0.1) is 25.2 Å². The summed E-state index contributed by atoms with van der Waals surface area (Å²) in [5.41, 5.74) is 0.847. The molecule has 0 aromatic carbocycles. The maximum atomic E-state index is 13.3. The molecule has 1 fully saturated rings. The minimum absolute atomic E-state index is 0.0257. The van der Waals surface area contributed by atoms with E-state index in [9.17, 15) is 30.9 Å². The van der Waals surface area contributed by atoms with Crippen LogP contribution in [0.5, 0.6) is 11.6 Å². The van der Waals surface area contributed by atoms with Crippen molar-refractivity contribution in [3.63, 3.8) is 0 Å². The van der Waals surface area contributed by atoms with E-state index in [1.165, 1.54) is 49.3 Å². The molecule has 0 saturated carbocycles. The standard InChI is InChI=1S/C22H21F2N7O5S2/c1-13-19(14(2)28-21(27-13)30-11-22(23,24)12-30)36-20-18(31(37(3,32)33)38(4,34)35)6-5-17(29-20)16-7-15(8-25)9-26-10-16/h5-7,9-10H,11-12H2,1-4H3. The number of aryl methyl sites for hydroxylation is 2. The summed E-state index contributed by atoms with van der Waals surface area (Å²) < 4.78 is 82.7. The predicted octanol–water partition coefficient (Wildman–Crippen LogP) is 2.40. The van der Waals surface area contributed by atoms with E-state index < -0.39 is 50.6 Å². The van der Waals surface area contributed by atoms with E-state index in [1.54, 1.807) is 0 Å². The Balaban J connectivity index is 1.85. The lowest BCUT2D eigenvalue weighted by Gasteiger charge is -2.38. The summed E-state index contributed by atoms with van der Waals surface area (Å²) in [4.78, 5) is 18.1. The molecule has 4 heterocycles. The van der Waals surface area contributed by atoms with Gasteiger partial charge in [-0.2, -0.15) is 8.97 Å². The van der Waals surface area contributed by atoms with Gasteiger partial charge in [0.05, 0.1) is 48.2 Å². The summed E-state index contributed by atoms with van der Waals surface area (Å²) in [5, 5.41) is 9.19. The van der Waals surface area contributed by atoms with Crippen LogP contribution in [0.3, 0.4) is 0 Å². The van der Waals surface area contributed by atoms with Crippen molar-refractivity contribution in [3.05, 3.63) is 47.5 Å². The van der Waals surface area contributed by atoms with Crippen LogP contribution < -0.4 is 13.3 Å². The fourth-order valence-corrected chi connectivity index (χ4v) is 6.74. The van der Waals surface area contributed by atoms with Crippen molar-refractivity contribution in [2.45, 2.75) is 19.8 Å². The Morgan fingerprint density at radius 1 is 1.03 bits per heavy atom. The van der Waals surface area contributed by atoms with Gasteiger partial charge in [0.25, 0.3) is 5.92 Å². The summed E-state index contributed by atoms with van der Waals surface area (Å²) in [7, 11) is -8.73. The third kappa shape index (κ3) is 5.48. The number of ether oxygens (including phenoxy) is 1. The molecule has 16 heteroatoms. The SMILES string of the molecule is Cc1nc(N2CC(F)(F)C2)nc(C)c1Oc1nc(-c2cncc(C#N)c2)ccc1N(S(C)(=O)=O)S(C)(=O)=O. The highest BCUT2D eigenvalue weighted by molar-refractivity contribution is 8.09. The monoisotopic (exact) mass is 565 g/mol. The molecule has 3 aromatic rings. The lowest BCUT2D eigenvalue weighted by Crippen LogP contribution is -2.57. The second-order valence-electron chi connectivity index (χ2n) is 8.66. The van der Waals surface area contributed by atoms with Gasteiger partial charge in [-0.15, -0.1) is 0 Å². The number of aromatic nitrogens is 4. The zero-order chi connectivity index (χ0) is 28.0. The number of hydrogen-bond donors (Lipinski definition) is 0. The number of alkyl halides is 2. The Morgan fingerprint density at radius 3 is 2.16 bits per heavy atom. The second-order valence-corrected chi connectivity index (χ2v) is 12.5. The number of sulfonamides is 2. The molecule has 1 aliphatic heterocycles. The van der Waals surface area contributed by atoms with Gasteiger partial charge in [0.15, 0.2) is 5.75 Å². The fourth-order valence-electron chi connectivity index (χ4n) is 3.78. The van der Waals surface area contributed by atoms with Crippen molar-refractivity contribution in [2.24, 2.45) is 0 Å². The van der Waals surface area contributed by atoms with Gasteiger partial charge >= 0.3 is 0 Å². The van der Waals surface area contributed by atoms with E-state index in [4.69, 9.17) is 4.74 Å². The molecule has 0 unspecified atom stereocenters. The molecular formula is C22H21F2N7O5S2. The molecule has 1 saturated heterocycles. The third-order valence-corrected chi connectivity index (χ3v) is 8.54. The van der Waals surface area contributed by atoms with Crippen molar-refractivity contribution in [3.8, 4) is 29.0 Å². The Labute approximate surface area is 217 Å². The molecule has 38 heavy (non-hydrogen) atoms. The van der Waals surface area contributed by atoms with Gasteiger partial charge in [-0.25, -0.2) is 40.6 Å². The van der Waals surface area contributed by atoms with Gasteiger partial charge in [-0.3, -0.25) is 4.98 Å². The van der Waals surface area contributed by atoms with Crippen LogP contribution in [0.25, 0.3) is 11.3 Å². The molecule has 0 bridgehead atoms. The number of nitriles is 1. The molecular weight excluding hydrogens is 544 g/mol. The highest BCUT2D eigenvalue weighted by atomic mass is 32.3. The average molecular weight is 566 g/mol. The summed E-state index contributed by atoms with van der Waals surface area (Å²) in [6, 6.07) is 5.99. The zero-order valence-corrected chi connectivity index (χ0v) is 22.2. The highest BCUT2D eigenvalue weighted by Gasteiger charge is 2.45. The first-order valence-electron chi connectivity index (χ1n) is 10.8. The normalized spacial score (nSPS) is 14.9. The van der Waals surface area contributed by atoms with Crippen LogP contribution in [0.15, 0.2) is 30.6 Å². The van der Waals surface area contributed by atoms with E-state index in [2.05, 4.69) is 19.9 Å². The van der Waals surface area contributed by atoms with Crippen molar-refractivity contribution in [1.29, 1.82) is 5.26 Å². The minimum Gasteiger partial charge on any atom is -0.433 e. The van der Waals surface area contributed by atoms with Crippen LogP contribution in [0.4, 0.5) is 20.4 Å². The van der Waals surface area contributed by atoms with Gasteiger partial charge in [0.1, 0.15) is 11.8 Å². The number of rotatable bonds is 7. The van der Waals surface area contributed by atoms with Crippen LogP contribution in [-0.2, 0) is 20.0 Å². The number of anilines is 2. The van der Waals surface area contributed by atoms with Crippen LogP contribution in [-0.4, -0.2) is 68.3 Å². The van der Waals surface area contributed by atoms with Gasteiger partial charge in [0.2, 0.25) is 31.9 Å². The predicted molar refractivity (Wildman–Crippen MR) is 133 cm³/mol. The Morgan fingerprint density at radius 2 is 1.63 bits per heavy atom. The fraction of sp³-hybridized carbons (Fsp3) is 0.318. The quantitative estimate of drug-likeness (QED) is 0.414. The molecule has 0 atom stereocenters. The second kappa shape index (κ2) is 9.40. The maximum absolute atomic E-state index is 13.3. The molecule has 0 amide bonds. The van der Waals surface area contributed by atoms with Crippen molar-refractivity contribution < 1.29 is 30.4 Å². The van der Waals surface area contributed by atoms with Crippen molar-refractivity contribution >= 4 is 31.7 Å². The van der Waals surface area contributed by atoms with E-state index in [1.807, 2.05) is 6.07 Å². The molecule has 3 aromatic heterocycles. The van der Waals surface area contributed by atoms with Gasteiger partial charge in [0, 0.05) is 18.0 Å². The van der Waals surface area contributed by atoms with Crippen molar-refractivity contribution in [1.82, 2.24) is 19.9 Å². The Bertz CT molecular complexity index is 1630. The first-order valence-corrected chi connectivity index (χ1v) is 14.5. The zero-order valence-electron chi connectivity index (χ0n) is 20.5. The van der Waals surface area contributed by atoms with E-state index in [0.717, 1.165) is 0 Å². The first kappa shape index (κ1) is 27.1. The number of halogens is 2. The molecule has 12 nitrogen and oxygen atoms in total. The molecule has 1 aliphatic rings. The lowest BCUT2D eigenvalue weighted by atomic mass is 10.1. The van der Waals surface area contributed by atoms with Crippen molar-refractivity contribution in [2.75, 3.05) is 34.2 Å². The van der Waals surface area contributed by atoms with E-state index in [-0.39, 0.29) is 38.1 Å². The van der Waals surface area contributed by atoms with Crippen LogP contribution in [0.1, 0.15) is 17.0 Å². The smallest absolute Gasteiger partial charge is 0.282 e. The summed E-state index contributed by atoms with van der Waals surface area (Å²) >= 11 is 0. The maximum Gasteiger partial charge on any atom is 0.282 e. The summed E-state index contributed by atoms with van der Waals surface area (Å²) in [6.45, 7) is 1.99. The van der Waals surface area contributed by atoms with E-state index >= 15 is 0 Å². The number of hydrogen-bond acceptors (Lipinski definition) is 11. The number of pyridine rings is 2. The van der Waals surface area contributed by atoms with Gasteiger partial charge in [-0.1, -0.05) is 0 Å².